The van der Waals surface area contributed by atoms with Crippen LogP contribution in [0.1, 0.15) is 22.5 Å². The molecule has 154 valence electrons. The fourth-order valence-electron chi connectivity index (χ4n) is 3.64. The van der Waals surface area contributed by atoms with Gasteiger partial charge in [0.2, 0.25) is 0 Å². The number of hydrazone groups is 1. The Morgan fingerprint density at radius 2 is 1.84 bits per heavy atom. The van der Waals surface area contributed by atoms with Gasteiger partial charge in [0.1, 0.15) is 11.5 Å². The van der Waals surface area contributed by atoms with Crippen LogP contribution in [0.2, 0.25) is 10.0 Å². The lowest BCUT2D eigenvalue weighted by Crippen LogP contribution is -2.27. The van der Waals surface area contributed by atoms with Crippen molar-refractivity contribution in [3.63, 3.8) is 0 Å². The summed E-state index contributed by atoms with van der Waals surface area (Å²) in [5.74, 6) is 1.23. The second kappa shape index (κ2) is 7.68. The molecule has 3 heterocycles. The first-order valence-electron chi connectivity index (χ1n) is 9.52. The summed E-state index contributed by atoms with van der Waals surface area (Å²) in [5.41, 5.74) is 3.84. The van der Waals surface area contributed by atoms with E-state index < -0.39 is 0 Å². The minimum Gasteiger partial charge on any atom is -0.619 e. The monoisotopic (exact) mass is 450 g/mol. The van der Waals surface area contributed by atoms with Crippen LogP contribution in [0.4, 0.5) is 5.95 Å². The molecule has 0 aliphatic carbocycles. The number of fused-ring (bicyclic) bond motifs is 3. The Morgan fingerprint density at radius 3 is 2.65 bits per heavy atom. The molecule has 0 fully saturated rings. The lowest BCUT2D eigenvalue weighted by Gasteiger charge is -2.17. The fourth-order valence-corrected chi connectivity index (χ4v) is 4.04. The molecule has 1 aliphatic rings. The van der Waals surface area contributed by atoms with E-state index in [1.54, 1.807) is 11.1 Å². The van der Waals surface area contributed by atoms with Crippen LogP contribution in [-0.2, 0) is 6.54 Å². The van der Waals surface area contributed by atoms with Crippen LogP contribution in [0.3, 0.4) is 0 Å². The summed E-state index contributed by atoms with van der Waals surface area (Å²) < 4.78 is 2.68. The summed E-state index contributed by atoms with van der Waals surface area (Å²) in [5, 5.41) is 28.2. The highest BCUT2D eigenvalue weighted by Crippen LogP contribution is 2.33. The van der Waals surface area contributed by atoms with Gasteiger partial charge in [0.25, 0.3) is 5.95 Å². The number of aromatic nitrogens is 4. The van der Waals surface area contributed by atoms with E-state index in [9.17, 15) is 5.21 Å². The minimum absolute atomic E-state index is 0.316. The average molecular weight is 451 g/mol. The van der Waals surface area contributed by atoms with Gasteiger partial charge >= 0.3 is 0 Å². The van der Waals surface area contributed by atoms with E-state index in [1.807, 2.05) is 60.0 Å². The van der Waals surface area contributed by atoms with Gasteiger partial charge in [-0.1, -0.05) is 41.4 Å². The summed E-state index contributed by atoms with van der Waals surface area (Å²) in [4.78, 5) is 0. The Kier molecular flexibility index (Phi) is 4.84. The maximum Gasteiger partial charge on any atom is 0.252 e. The lowest BCUT2D eigenvalue weighted by molar-refractivity contribution is -0.605. The molecule has 5 rings (SSSR count). The Bertz CT molecular complexity index is 1330. The van der Waals surface area contributed by atoms with Crippen molar-refractivity contribution in [2.75, 3.05) is 5.01 Å². The molecule has 0 saturated heterocycles. The largest absolute Gasteiger partial charge is 0.619 e. The molecule has 9 heteroatoms. The number of anilines is 1. The predicted octanol–water partition coefficient (Wildman–Crippen LogP) is 4.29. The quantitative estimate of drug-likeness (QED) is 0.344. The molecule has 0 saturated carbocycles. The summed E-state index contributed by atoms with van der Waals surface area (Å²) >= 11 is 12.9. The number of hydrogen-bond acceptors (Lipinski definition) is 5. The fraction of sp³-hybridized carbons (Fsp3) is 0.0909. The molecule has 0 atom stereocenters. The molecule has 0 unspecified atom stereocenters. The van der Waals surface area contributed by atoms with Crippen LogP contribution in [-0.4, -0.2) is 20.5 Å². The Hall–Kier alpha value is -3.42. The van der Waals surface area contributed by atoms with Gasteiger partial charge in [-0.3, -0.25) is 4.57 Å². The summed E-state index contributed by atoms with van der Waals surface area (Å²) in [6.07, 6.45) is 2.95. The van der Waals surface area contributed by atoms with Crippen molar-refractivity contribution in [1.82, 2.24) is 14.8 Å². The van der Waals surface area contributed by atoms with Crippen molar-refractivity contribution in [1.29, 1.82) is 0 Å². The molecule has 7 nitrogen and oxygen atoms in total. The molecule has 2 aromatic carbocycles. The standard InChI is InChI=1S/C22H16Cl2N6O/c1-14-25-26-22-29(13-15-5-4-10-28(31)12-15)27-21(17-6-2-3-7-19(17)24)18-11-16(23)8-9-20(18)30(14)22/h2-12H,13H2,1H3. The Morgan fingerprint density at radius 1 is 1.00 bits per heavy atom. The molecule has 0 radical (unpaired) electrons. The molecule has 1 aliphatic heterocycles. The molecular weight excluding hydrogens is 435 g/mol. The van der Waals surface area contributed by atoms with Crippen molar-refractivity contribution in [3.8, 4) is 5.69 Å². The molecule has 0 N–H and O–H groups in total. The molecule has 0 amide bonds. The van der Waals surface area contributed by atoms with Gasteiger partial charge in [0, 0.05) is 27.8 Å². The van der Waals surface area contributed by atoms with Crippen LogP contribution in [0, 0.1) is 12.1 Å². The van der Waals surface area contributed by atoms with Crippen LogP contribution in [0.15, 0.2) is 72.1 Å². The van der Waals surface area contributed by atoms with Gasteiger partial charge in [-0.05, 0) is 37.3 Å². The van der Waals surface area contributed by atoms with Gasteiger partial charge in [-0.2, -0.15) is 9.83 Å². The first kappa shape index (κ1) is 19.5. The maximum atomic E-state index is 11.8. The van der Waals surface area contributed by atoms with E-state index in [-0.39, 0.29) is 0 Å². The highest BCUT2D eigenvalue weighted by atomic mass is 35.5. The first-order valence-corrected chi connectivity index (χ1v) is 10.3. The second-order valence-corrected chi connectivity index (χ2v) is 7.95. The molecule has 0 spiro atoms. The second-order valence-electron chi connectivity index (χ2n) is 7.10. The topological polar surface area (TPSA) is 73.2 Å². The van der Waals surface area contributed by atoms with Crippen molar-refractivity contribution in [3.05, 3.63) is 105 Å². The number of rotatable bonds is 3. The third-order valence-electron chi connectivity index (χ3n) is 5.01. The zero-order valence-electron chi connectivity index (χ0n) is 16.4. The zero-order chi connectivity index (χ0) is 21.5. The normalized spacial score (nSPS) is 12.7. The number of pyridine rings is 1. The SMILES string of the molecule is Cc1nnc2n1-c1ccc(Cl)cc1C(c1ccccc1Cl)=NN2Cc1ccc[n+]([O-])c1. The van der Waals surface area contributed by atoms with Crippen molar-refractivity contribution < 1.29 is 4.73 Å². The summed E-state index contributed by atoms with van der Waals surface area (Å²) in [6, 6.07) is 16.7. The number of benzene rings is 2. The molecule has 4 aromatic rings. The minimum atomic E-state index is 0.316. The van der Waals surface area contributed by atoms with E-state index in [0.29, 0.717) is 34.1 Å². The summed E-state index contributed by atoms with van der Waals surface area (Å²) in [6.45, 7) is 2.19. The van der Waals surface area contributed by atoms with Gasteiger partial charge in [0.15, 0.2) is 12.4 Å². The first-order chi connectivity index (χ1) is 15.0. The van der Waals surface area contributed by atoms with Gasteiger partial charge in [0.05, 0.1) is 17.3 Å². The number of aryl methyl sites for hydroxylation is 1. The van der Waals surface area contributed by atoms with Crippen LogP contribution >= 0.6 is 23.2 Å². The van der Waals surface area contributed by atoms with Gasteiger partial charge in [-0.15, -0.1) is 10.2 Å². The van der Waals surface area contributed by atoms with Crippen LogP contribution in [0.5, 0.6) is 0 Å². The van der Waals surface area contributed by atoms with E-state index in [1.165, 1.54) is 12.4 Å². The van der Waals surface area contributed by atoms with E-state index in [0.717, 1.165) is 27.1 Å². The summed E-state index contributed by atoms with van der Waals surface area (Å²) in [7, 11) is 0. The van der Waals surface area contributed by atoms with Gasteiger partial charge < -0.3 is 5.21 Å². The average Bonchev–Trinajstić information content (AvgIpc) is 3.07. The van der Waals surface area contributed by atoms with E-state index in [4.69, 9.17) is 28.3 Å². The third kappa shape index (κ3) is 3.52. The van der Waals surface area contributed by atoms with E-state index >= 15 is 0 Å². The number of nitrogens with zero attached hydrogens (tertiary/aromatic N) is 6. The van der Waals surface area contributed by atoms with Crippen LogP contribution in [0.25, 0.3) is 5.69 Å². The molecule has 0 bridgehead atoms. The zero-order valence-corrected chi connectivity index (χ0v) is 17.9. The van der Waals surface area contributed by atoms with Crippen LogP contribution < -0.4 is 9.74 Å². The number of hydrogen-bond donors (Lipinski definition) is 0. The van der Waals surface area contributed by atoms with E-state index in [2.05, 4.69) is 10.2 Å². The van der Waals surface area contributed by atoms with Crippen molar-refractivity contribution in [2.24, 2.45) is 5.10 Å². The highest BCUT2D eigenvalue weighted by Gasteiger charge is 2.27. The molecular formula is C22H16Cl2N6O. The third-order valence-corrected chi connectivity index (χ3v) is 5.58. The maximum absolute atomic E-state index is 11.8. The molecule has 2 aromatic heterocycles. The Balaban J connectivity index is 1.77. The van der Waals surface area contributed by atoms with Gasteiger partial charge in [-0.25, -0.2) is 5.01 Å². The van der Waals surface area contributed by atoms with Crippen molar-refractivity contribution >= 4 is 34.9 Å². The Labute approximate surface area is 188 Å². The highest BCUT2D eigenvalue weighted by molar-refractivity contribution is 6.36. The lowest BCUT2D eigenvalue weighted by atomic mass is 10.0. The predicted molar refractivity (Wildman–Crippen MR) is 120 cm³/mol. The molecule has 31 heavy (non-hydrogen) atoms. The number of halogens is 2. The smallest absolute Gasteiger partial charge is 0.252 e. The van der Waals surface area contributed by atoms with Crippen molar-refractivity contribution in [2.45, 2.75) is 13.5 Å².